The van der Waals surface area contributed by atoms with Crippen molar-refractivity contribution in [3.05, 3.63) is 10.6 Å². The highest BCUT2D eigenvalue weighted by Gasteiger charge is 2.27. The van der Waals surface area contributed by atoms with E-state index in [4.69, 9.17) is 0 Å². The first-order valence-electron chi connectivity index (χ1n) is 6.96. The molecule has 0 atom stereocenters. The summed E-state index contributed by atoms with van der Waals surface area (Å²) in [5, 5.41) is 13.8. The predicted molar refractivity (Wildman–Crippen MR) is 77.9 cm³/mol. The lowest BCUT2D eigenvalue weighted by Crippen LogP contribution is -2.52. The lowest BCUT2D eigenvalue weighted by molar-refractivity contribution is 0.0179. The number of hydrogen-bond donors (Lipinski definition) is 1. The number of nitrogens with zero attached hydrogens (tertiary/aromatic N) is 4. The maximum Gasteiger partial charge on any atom is 0.267 e. The van der Waals surface area contributed by atoms with E-state index in [1.807, 2.05) is 11.8 Å². The van der Waals surface area contributed by atoms with Crippen molar-refractivity contribution in [2.75, 3.05) is 32.7 Å². The fourth-order valence-corrected chi connectivity index (χ4v) is 3.12. The number of aryl methyl sites for hydroxylation is 1. The molecule has 1 saturated heterocycles. The van der Waals surface area contributed by atoms with E-state index in [0.29, 0.717) is 24.5 Å². The van der Waals surface area contributed by atoms with Crippen LogP contribution in [-0.4, -0.2) is 68.7 Å². The van der Waals surface area contributed by atoms with Crippen molar-refractivity contribution in [1.29, 1.82) is 0 Å². The van der Waals surface area contributed by atoms with Gasteiger partial charge >= 0.3 is 0 Å². The summed E-state index contributed by atoms with van der Waals surface area (Å²) in [5.74, 6) is 0.0414. The topological polar surface area (TPSA) is 69.6 Å². The molecule has 1 N–H and O–H groups in total. The molecule has 2 rings (SSSR count). The molecule has 1 aromatic rings. The van der Waals surface area contributed by atoms with Gasteiger partial charge in [0.25, 0.3) is 5.91 Å². The minimum absolute atomic E-state index is 0.0414. The van der Waals surface area contributed by atoms with Crippen LogP contribution < -0.4 is 0 Å². The first-order chi connectivity index (χ1) is 9.40. The standard InChI is InChI=1S/C13H22N4O2S/c1-4-10-11(20-15-14-10)12(18)17-7-5-16(6-8-17)9-13(2,3)19/h19H,4-9H2,1-3H3. The van der Waals surface area contributed by atoms with Gasteiger partial charge in [-0.3, -0.25) is 9.69 Å². The molecule has 1 fully saturated rings. The summed E-state index contributed by atoms with van der Waals surface area (Å²) in [6.07, 6.45) is 0.732. The average Bonchev–Trinajstić information content (AvgIpc) is 2.85. The fourth-order valence-electron chi connectivity index (χ4n) is 2.40. The molecule has 112 valence electrons. The second-order valence-electron chi connectivity index (χ2n) is 5.78. The number of hydrogen-bond acceptors (Lipinski definition) is 6. The summed E-state index contributed by atoms with van der Waals surface area (Å²) in [5.41, 5.74) is 0.0993. The Morgan fingerprint density at radius 3 is 2.55 bits per heavy atom. The Bertz CT molecular complexity index is 461. The number of β-amino-alcohol motifs (C(OH)–C–C–N with tert-alkyl or cyclic N) is 1. The van der Waals surface area contributed by atoms with Gasteiger partial charge in [-0.2, -0.15) is 0 Å². The van der Waals surface area contributed by atoms with Crippen molar-refractivity contribution in [1.82, 2.24) is 19.4 Å². The van der Waals surface area contributed by atoms with E-state index in [-0.39, 0.29) is 5.91 Å². The van der Waals surface area contributed by atoms with Crippen LogP contribution in [0, 0.1) is 0 Å². The number of carbonyl (C=O) groups excluding carboxylic acids is 1. The Labute approximate surface area is 123 Å². The van der Waals surface area contributed by atoms with Gasteiger partial charge in [0, 0.05) is 32.7 Å². The van der Waals surface area contributed by atoms with Crippen LogP contribution in [0.15, 0.2) is 0 Å². The van der Waals surface area contributed by atoms with Gasteiger partial charge in [0.2, 0.25) is 0 Å². The number of aromatic nitrogens is 2. The molecule has 20 heavy (non-hydrogen) atoms. The second kappa shape index (κ2) is 6.15. The number of rotatable bonds is 4. The van der Waals surface area contributed by atoms with E-state index < -0.39 is 5.60 Å². The molecule has 0 bridgehead atoms. The molecule has 1 aliphatic rings. The van der Waals surface area contributed by atoms with Crippen molar-refractivity contribution in [3.63, 3.8) is 0 Å². The lowest BCUT2D eigenvalue weighted by atomic mass is 10.1. The minimum atomic E-state index is -0.691. The molecule has 0 aromatic carbocycles. The third-order valence-corrected chi connectivity index (χ3v) is 4.11. The maximum absolute atomic E-state index is 12.4. The molecule has 0 spiro atoms. The number of piperazine rings is 1. The Kier molecular flexibility index (Phi) is 4.72. The molecule has 0 aliphatic carbocycles. The maximum atomic E-state index is 12.4. The van der Waals surface area contributed by atoms with Gasteiger partial charge in [-0.05, 0) is 31.8 Å². The molecular formula is C13H22N4O2S. The van der Waals surface area contributed by atoms with Gasteiger partial charge in [0.05, 0.1) is 11.3 Å². The Balaban J connectivity index is 1.92. The highest BCUT2D eigenvalue weighted by molar-refractivity contribution is 7.08. The van der Waals surface area contributed by atoms with Crippen LogP contribution in [0.25, 0.3) is 0 Å². The fraction of sp³-hybridized carbons (Fsp3) is 0.769. The largest absolute Gasteiger partial charge is 0.389 e. The van der Waals surface area contributed by atoms with E-state index in [9.17, 15) is 9.90 Å². The first kappa shape index (κ1) is 15.3. The Morgan fingerprint density at radius 1 is 1.35 bits per heavy atom. The van der Waals surface area contributed by atoms with Crippen LogP contribution in [0.2, 0.25) is 0 Å². The zero-order valence-corrected chi connectivity index (χ0v) is 13.1. The van der Waals surface area contributed by atoms with Crippen molar-refractivity contribution in [3.8, 4) is 0 Å². The number of amides is 1. The van der Waals surface area contributed by atoms with E-state index in [1.165, 1.54) is 11.5 Å². The van der Waals surface area contributed by atoms with Crippen molar-refractivity contribution in [2.24, 2.45) is 0 Å². The zero-order valence-electron chi connectivity index (χ0n) is 12.3. The van der Waals surface area contributed by atoms with Crippen LogP contribution in [0.4, 0.5) is 0 Å². The number of carbonyl (C=O) groups is 1. The van der Waals surface area contributed by atoms with Crippen LogP contribution >= 0.6 is 11.5 Å². The van der Waals surface area contributed by atoms with E-state index in [0.717, 1.165) is 25.2 Å². The highest BCUT2D eigenvalue weighted by Crippen LogP contribution is 2.16. The Hall–Kier alpha value is -1.05. The molecular weight excluding hydrogens is 276 g/mol. The molecule has 0 saturated carbocycles. The monoisotopic (exact) mass is 298 g/mol. The van der Waals surface area contributed by atoms with E-state index in [2.05, 4.69) is 14.5 Å². The molecule has 1 amide bonds. The van der Waals surface area contributed by atoms with Crippen molar-refractivity contribution in [2.45, 2.75) is 32.8 Å². The summed E-state index contributed by atoms with van der Waals surface area (Å²) in [4.78, 5) is 17.1. The quantitative estimate of drug-likeness (QED) is 0.883. The van der Waals surface area contributed by atoms with Gasteiger partial charge in [0.1, 0.15) is 4.88 Å². The van der Waals surface area contributed by atoms with Crippen molar-refractivity contribution < 1.29 is 9.90 Å². The highest BCUT2D eigenvalue weighted by atomic mass is 32.1. The van der Waals surface area contributed by atoms with Gasteiger partial charge < -0.3 is 10.0 Å². The third-order valence-electron chi connectivity index (χ3n) is 3.35. The molecule has 0 unspecified atom stereocenters. The summed E-state index contributed by atoms with van der Waals surface area (Å²) < 4.78 is 3.87. The normalized spacial score (nSPS) is 17.5. The van der Waals surface area contributed by atoms with Crippen LogP contribution in [-0.2, 0) is 6.42 Å². The molecule has 6 nitrogen and oxygen atoms in total. The summed E-state index contributed by atoms with van der Waals surface area (Å²) in [7, 11) is 0. The van der Waals surface area contributed by atoms with Gasteiger partial charge in [-0.1, -0.05) is 11.4 Å². The zero-order chi connectivity index (χ0) is 14.8. The summed E-state index contributed by atoms with van der Waals surface area (Å²) >= 11 is 1.18. The summed E-state index contributed by atoms with van der Waals surface area (Å²) in [6.45, 7) is 9.20. The predicted octanol–water partition coefficient (Wildman–Crippen LogP) is 0.629. The second-order valence-corrected chi connectivity index (χ2v) is 6.54. The molecule has 0 radical (unpaired) electrons. The summed E-state index contributed by atoms with van der Waals surface area (Å²) in [6, 6.07) is 0. The Morgan fingerprint density at radius 2 is 2.00 bits per heavy atom. The van der Waals surface area contributed by atoms with E-state index in [1.54, 1.807) is 13.8 Å². The van der Waals surface area contributed by atoms with Crippen molar-refractivity contribution >= 4 is 17.4 Å². The SMILES string of the molecule is CCc1nnsc1C(=O)N1CCN(CC(C)(C)O)CC1. The first-order valence-corrected chi connectivity index (χ1v) is 7.73. The molecule has 2 heterocycles. The third kappa shape index (κ3) is 3.74. The number of aliphatic hydroxyl groups is 1. The molecule has 7 heteroatoms. The van der Waals surface area contributed by atoms with Crippen LogP contribution in [0.3, 0.4) is 0 Å². The molecule has 1 aliphatic heterocycles. The lowest BCUT2D eigenvalue weighted by Gasteiger charge is -2.37. The van der Waals surface area contributed by atoms with Crippen LogP contribution in [0.1, 0.15) is 36.1 Å². The average molecular weight is 298 g/mol. The van der Waals surface area contributed by atoms with E-state index >= 15 is 0 Å². The minimum Gasteiger partial charge on any atom is -0.389 e. The van der Waals surface area contributed by atoms with Gasteiger partial charge in [-0.25, -0.2) is 0 Å². The van der Waals surface area contributed by atoms with Crippen LogP contribution in [0.5, 0.6) is 0 Å². The molecule has 1 aromatic heterocycles. The van der Waals surface area contributed by atoms with Gasteiger partial charge in [0.15, 0.2) is 0 Å². The van der Waals surface area contributed by atoms with Gasteiger partial charge in [-0.15, -0.1) is 5.10 Å². The smallest absolute Gasteiger partial charge is 0.267 e.